The second-order valence-electron chi connectivity index (χ2n) is 8.24. The largest absolute Gasteiger partial charge is 0.370 e. The number of aliphatic imine (C=N–C) groups is 1. The fourth-order valence-corrected chi connectivity index (χ4v) is 4.09. The first-order valence-electron chi connectivity index (χ1n) is 11.3. The number of likely N-dealkylation sites (tertiary alicyclic amines) is 1. The molecule has 3 atom stereocenters. The Hall–Kier alpha value is -3.46. The van der Waals surface area contributed by atoms with Gasteiger partial charge in [-0.2, -0.15) is 0 Å². The van der Waals surface area contributed by atoms with Crippen molar-refractivity contribution in [3.05, 3.63) is 66.0 Å². The number of pyridine rings is 1. The van der Waals surface area contributed by atoms with Crippen LogP contribution in [0.1, 0.15) is 43.0 Å². The van der Waals surface area contributed by atoms with Crippen LogP contribution >= 0.6 is 0 Å². The zero-order valence-electron chi connectivity index (χ0n) is 18.8. The minimum Gasteiger partial charge on any atom is -0.370 e. The lowest BCUT2D eigenvalue weighted by Gasteiger charge is -2.28. The summed E-state index contributed by atoms with van der Waals surface area (Å²) in [5.41, 5.74) is 18.6. The highest BCUT2D eigenvalue weighted by Crippen LogP contribution is 2.22. The first kappa shape index (κ1) is 24.2. The predicted octanol–water partition coefficient (Wildman–Crippen LogP) is 0.854. The number of hydrogen-bond acceptors (Lipinski definition) is 5. The third kappa shape index (κ3) is 7.01. The molecule has 9 heteroatoms. The van der Waals surface area contributed by atoms with Gasteiger partial charge in [0.15, 0.2) is 5.96 Å². The van der Waals surface area contributed by atoms with E-state index in [9.17, 15) is 9.59 Å². The minimum absolute atomic E-state index is 0.0184. The van der Waals surface area contributed by atoms with Crippen molar-refractivity contribution in [2.75, 3.05) is 13.1 Å². The van der Waals surface area contributed by atoms with Gasteiger partial charge < -0.3 is 27.4 Å². The molecule has 0 radical (unpaired) electrons. The Bertz CT molecular complexity index is 932. The van der Waals surface area contributed by atoms with E-state index in [4.69, 9.17) is 17.2 Å². The maximum absolute atomic E-state index is 13.3. The lowest BCUT2D eigenvalue weighted by Crippen LogP contribution is -2.51. The van der Waals surface area contributed by atoms with Gasteiger partial charge in [0.1, 0.15) is 6.04 Å². The summed E-state index contributed by atoms with van der Waals surface area (Å²) in [7, 11) is 0. The summed E-state index contributed by atoms with van der Waals surface area (Å²) >= 11 is 0. The van der Waals surface area contributed by atoms with Gasteiger partial charge in [0, 0.05) is 31.4 Å². The van der Waals surface area contributed by atoms with Gasteiger partial charge in [-0.15, -0.1) is 0 Å². The van der Waals surface area contributed by atoms with Crippen molar-refractivity contribution in [2.24, 2.45) is 22.2 Å². The molecule has 2 aromatic rings. The van der Waals surface area contributed by atoms with Crippen molar-refractivity contribution in [2.45, 2.75) is 50.2 Å². The quantitative estimate of drug-likeness (QED) is 0.239. The average molecular weight is 452 g/mol. The van der Waals surface area contributed by atoms with Crippen molar-refractivity contribution >= 4 is 17.8 Å². The maximum atomic E-state index is 13.3. The van der Waals surface area contributed by atoms with Gasteiger partial charge in [0.25, 0.3) is 0 Å². The van der Waals surface area contributed by atoms with Gasteiger partial charge in [-0.25, -0.2) is 0 Å². The summed E-state index contributed by atoms with van der Waals surface area (Å²) in [5.74, 6) is -0.360. The monoisotopic (exact) mass is 451 g/mol. The van der Waals surface area contributed by atoms with Crippen LogP contribution in [0.3, 0.4) is 0 Å². The lowest BCUT2D eigenvalue weighted by atomic mass is 10.0. The zero-order valence-corrected chi connectivity index (χ0v) is 18.8. The van der Waals surface area contributed by atoms with Crippen LogP contribution in [0.4, 0.5) is 0 Å². The Morgan fingerprint density at radius 1 is 1.15 bits per heavy atom. The second-order valence-corrected chi connectivity index (χ2v) is 8.24. The van der Waals surface area contributed by atoms with Crippen molar-refractivity contribution in [3.63, 3.8) is 0 Å². The Morgan fingerprint density at radius 3 is 2.61 bits per heavy atom. The first-order chi connectivity index (χ1) is 16.0. The molecule has 0 bridgehead atoms. The third-order valence-corrected chi connectivity index (χ3v) is 5.78. The van der Waals surface area contributed by atoms with Crippen molar-refractivity contribution in [1.82, 2.24) is 15.2 Å². The van der Waals surface area contributed by atoms with E-state index in [2.05, 4.69) is 15.3 Å². The van der Waals surface area contributed by atoms with Crippen molar-refractivity contribution < 1.29 is 9.59 Å². The van der Waals surface area contributed by atoms with Gasteiger partial charge in [0.05, 0.1) is 12.1 Å². The number of nitrogens with two attached hydrogens (primary N) is 3. The molecule has 176 valence electrons. The van der Waals surface area contributed by atoms with E-state index in [1.807, 2.05) is 48.5 Å². The molecule has 1 aromatic heterocycles. The van der Waals surface area contributed by atoms with E-state index < -0.39 is 12.1 Å². The van der Waals surface area contributed by atoms with Crippen LogP contribution in [0.2, 0.25) is 0 Å². The van der Waals surface area contributed by atoms with E-state index in [-0.39, 0.29) is 23.8 Å². The van der Waals surface area contributed by atoms with Crippen LogP contribution in [0.15, 0.2) is 59.7 Å². The fraction of sp³-hybridized carbons (Fsp3) is 0.417. The van der Waals surface area contributed by atoms with Gasteiger partial charge >= 0.3 is 0 Å². The average Bonchev–Trinajstić information content (AvgIpc) is 3.32. The van der Waals surface area contributed by atoms with Crippen LogP contribution in [0.25, 0.3) is 0 Å². The Labute approximate surface area is 194 Å². The van der Waals surface area contributed by atoms with E-state index in [0.29, 0.717) is 38.8 Å². The number of guanidine groups is 1. The van der Waals surface area contributed by atoms with Crippen LogP contribution in [-0.2, 0) is 16.0 Å². The van der Waals surface area contributed by atoms with E-state index >= 15 is 0 Å². The highest BCUT2D eigenvalue weighted by molar-refractivity contribution is 5.90. The molecule has 3 rings (SSSR count). The SMILES string of the molecule is NC(N)=NCCCC(N)C(=O)N1CCCC1C(=O)NC(Cc1ccccn1)c1ccccc1. The smallest absolute Gasteiger partial charge is 0.243 e. The van der Waals surface area contributed by atoms with Crippen LogP contribution in [-0.4, -0.2) is 52.8 Å². The summed E-state index contributed by atoms with van der Waals surface area (Å²) in [5, 5.41) is 3.15. The van der Waals surface area contributed by atoms with Crippen LogP contribution < -0.4 is 22.5 Å². The number of hydrogen-bond donors (Lipinski definition) is 4. The molecule has 2 amide bonds. The summed E-state index contributed by atoms with van der Waals surface area (Å²) in [6.45, 7) is 0.939. The topological polar surface area (TPSA) is 153 Å². The molecular weight excluding hydrogens is 418 g/mol. The molecule has 0 spiro atoms. The molecule has 1 aliphatic heterocycles. The van der Waals surface area contributed by atoms with Gasteiger partial charge in [-0.1, -0.05) is 36.4 Å². The number of nitrogens with one attached hydrogen (secondary N) is 1. The molecule has 3 unspecified atom stereocenters. The molecule has 1 aromatic carbocycles. The lowest BCUT2D eigenvalue weighted by molar-refractivity contribution is -0.139. The number of carbonyl (C=O) groups is 2. The molecule has 1 saturated heterocycles. The van der Waals surface area contributed by atoms with E-state index in [1.54, 1.807) is 11.1 Å². The predicted molar refractivity (Wildman–Crippen MR) is 128 cm³/mol. The number of benzene rings is 1. The van der Waals surface area contributed by atoms with Gasteiger partial charge in [-0.05, 0) is 43.4 Å². The number of nitrogens with zero attached hydrogens (tertiary/aromatic N) is 3. The minimum atomic E-state index is -0.689. The van der Waals surface area contributed by atoms with Gasteiger partial charge in [0.2, 0.25) is 11.8 Å². The summed E-state index contributed by atoms with van der Waals surface area (Å²) in [6, 6.07) is 14.1. The Morgan fingerprint density at radius 2 is 1.91 bits per heavy atom. The molecule has 9 nitrogen and oxygen atoms in total. The molecule has 2 heterocycles. The van der Waals surface area contributed by atoms with Crippen molar-refractivity contribution in [1.29, 1.82) is 0 Å². The van der Waals surface area contributed by atoms with Crippen LogP contribution in [0.5, 0.6) is 0 Å². The maximum Gasteiger partial charge on any atom is 0.243 e. The summed E-state index contributed by atoms with van der Waals surface area (Å²) in [6.07, 6.45) is 4.72. The highest BCUT2D eigenvalue weighted by atomic mass is 16.2. The van der Waals surface area contributed by atoms with Crippen molar-refractivity contribution in [3.8, 4) is 0 Å². The van der Waals surface area contributed by atoms with Crippen LogP contribution in [0, 0.1) is 0 Å². The molecule has 0 saturated carbocycles. The number of rotatable bonds is 10. The second kappa shape index (κ2) is 12.0. The molecule has 0 aliphatic carbocycles. The molecular formula is C24H33N7O2. The molecule has 1 aliphatic rings. The van der Waals surface area contributed by atoms with E-state index in [0.717, 1.165) is 17.7 Å². The number of aromatic nitrogens is 1. The summed E-state index contributed by atoms with van der Waals surface area (Å²) in [4.78, 5) is 36.2. The Kier molecular flexibility index (Phi) is 8.77. The summed E-state index contributed by atoms with van der Waals surface area (Å²) < 4.78 is 0. The molecule has 1 fully saturated rings. The normalized spacial score (nSPS) is 17.2. The standard InChI is InChI=1S/C24H33N7O2/c25-19(11-6-14-29-24(26)27)23(33)31-15-7-12-21(31)22(32)30-20(17-8-2-1-3-9-17)16-18-10-4-5-13-28-18/h1-5,8-10,13,19-21H,6-7,11-12,14-16,25H2,(H,30,32)(H4,26,27,29). The highest BCUT2D eigenvalue weighted by Gasteiger charge is 2.36. The third-order valence-electron chi connectivity index (χ3n) is 5.78. The molecule has 7 N–H and O–H groups in total. The van der Waals surface area contributed by atoms with E-state index in [1.165, 1.54) is 0 Å². The Balaban J connectivity index is 1.65. The number of amides is 2. The van der Waals surface area contributed by atoms with Gasteiger partial charge in [-0.3, -0.25) is 19.6 Å². The zero-order chi connectivity index (χ0) is 23.6. The first-order valence-corrected chi connectivity index (χ1v) is 11.3. The molecule has 33 heavy (non-hydrogen) atoms. The number of carbonyl (C=O) groups excluding carboxylic acids is 2. The fourth-order valence-electron chi connectivity index (χ4n) is 4.09.